The van der Waals surface area contributed by atoms with Crippen LogP contribution < -0.4 is 10.4 Å². The van der Waals surface area contributed by atoms with Crippen LogP contribution in [0.3, 0.4) is 0 Å². The molecule has 0 amide bonds. The topological polar surface area (TPSA) is 61.2 Å². The van der Waals surface area contributed by atoms with Gasteiger partial charge in [0.25, 0.3) is 5.56 Å². The van der Waals surface area contributed by atoms with Gasteiger partial charge in [-0.05, 0) is 61.3 Å². The van der Waals surface area contributed by atoms with Crippen molar-refractivity contribution in [2.75, 3.05) is 0 Å². The summed E-state index contributed by atoms with van der Waals surface area (Å²) in [4.78, 5) is 36.6. The molecule has 0 saturated heterocycles. The normalized spacial score (nSPS) is 19.4. The van der Waals surface area contributed by atoms with E-state index in [4.69, 9.17) is 16.4 Å². The second-order valence-corrected chi connectivity index (χ2v) is 9.82. The third-order valence-corrected chi connectivity index (χ3v) is 6.52. The van der Waals surface area contributed by atoms with Crippen molar-refractivity contribution < 1.29 is 9.63 Å². The van der Waals surface area contributed by atoms with Gasteiger partial charge in [0.15, 0.2) is 5.82 Å². The molecule has 1 saturated carbocycles. The van der Waals surface area contributed by atoms with Gasteiger partial charge in [0.05, 0.1) is 16.8 Å². The Bertz CT molecular complexity index is 1170. The average molecular weight is 439 g/mol. The third-order valence-electron chi connectivity index (χ3n) is 6.29. The molecule has 162 valence electrons. The molecule has 0 bridgehead atoms. The van der Waals surface area contributed by atoms with Crippen LogP contribution in [-0.4, -0.2) is 15.7 Å². The molecule has 3 aromatic rings. The number of nitrogens with zero attached hydrogens (tertiary/aromatic N) is 2. The van der Waals surface area contributed by atoms with Crippen molar-refractivity contribution >= 4 is 28.5 Å². The summed E-state index contributed by atoms with van der Waals surface area (Å²) < 4.78 is 1.03. The smallest absolute Gasteiger partial charge is 0.331 e. The fourth-order valence-electron chi connectivity index (χ4n) is 4.37. The first-order chi connectivity index (χ1) is 14.7. The van der Waals surface area contributed by atoms with E-state index in [2.05, 4.69) is 25.8 Å². The fraction of sp³-hybridized carbons (Fsp3) is 0.400. The van der Waals surface area contributed by atoms with E-state index < -0.39 is 5.56 Å². The highest BCUT2D eigenvalue weighted by Crippen LogP contribution is 2.40. The van der Waals surface area contributed by atoms with Crippen LogP contribution in [0.4, 0.5) is 0 Å². The third kappa shape index (κ3) is 4.52. The molecule has 5 nitrogen and oxygen atoms in total. The molecule has 0 radical (unpaired) electrons. The van der Waals surface area contributed by atoms with Gasteiger partial charge in [0, 0.05) is 10.6 Å². The van der Waals surface area contributed by atoms with Gasteiger partial charge in [-0.2, -0.15) is 0 Å². The maximum absolute atomic E-state index is 13.2. The van der Waals surface area contributed by atoms with E-state index in [0.717, 1.165) is 30.4 Å². The molecule has 4 rings (SSSR count). The molecule has 1 aliphatic rings. The molecule has 1 aromatic heterocycles. The number of benzene rings is 2. The summed E-state index contributed by atoms with van der Waals surface area (Å²) in [6, 6.07) is 14.1. The highest BCUT2D eigenvalue weighted by atomic mass is 35.5. The Morgan fingerprint density at radius 3 is 2.45 bits per heavy atom. The van der Waals surface area contributed by atoms with Crippen molar-refractivity contribution in [1.29, 1.82) is 0 Å². The van der Waals surface area contributed by atoms with E-state index in [1.807, 2.05) is 6.07 Å². The van der Waals surface area contributed by atoms with Crippen molar-refractivity contribution in [2.24, 2.45) is 17.3 Å². The number of carbonyl (C=O) groups is 1. The van der Waals surface area contributed by atoms with Crippen LogP contribution in [-0.2, 0) is 4.79 Å². The summed E-state index contributed by atoms with van der Waals surface area (Å²) in [7, 11) is 0. The summed E-state index contributed by atoms with van der Waals surface area (Å²) in [6.07, 6.45) is 3.50. The van der Waals surface area contributed by atoms with Gasteiger partial charge in [-0.25, -0.2) is 9.78 Å². The molecular weight excluding hydrogens is 412 g/mol. The number of fused-ring (bicyclic) bond motifs is 1. The minimum Gasteiger partial charge on any atom is -0.331 e. The van der Waals surface area contributed by atoms with Gasteiger partial charge in [-0.3, -0.25) is 4.79 Å². The summed E-state index contributed by atoms with van der Waals surface area (Å²) in [6.45, 7) is 6.73. The zero-order valence-corrected chi connectivity index (χ0v) is 18.9. The Kier molecular flexibility index (Phi) is 5.89. The van der Waals surface area contributed by atoms with Crippen LogP contribution in [0, 0.1) is 17.3 Å². The number of aromatic nitrogens is 2. The number of hydrogen-bond donors (Lipinski definition) is 0. The van der Waals surface area contributed by atoms with Gasteiger partial charge >= 0.3 is 5.97 Å². The molecule has 1 heterocycles. The van der Waals surface area contributed by atoms with E-state index in [0.29, 0.717) is 27.4 Å². The van der Waals surface area contributed by atoms with E-state index in [9.17, 15) is 9.59 Å². The molecule has 0 spiro atoms. The molecule has 1 fully saturated rings. The Hall–Kier alpha value is -2.66. The molecular formula is C25H27ClN2O3. The monoisotopic (exact) mass is 438 g/mol. The number of para-hydroxylation sites is 1. The number of halogens is 1. The van der Waals surface area contributed by atoms with Crippen molar-refractivity contribution in [3.05, 3.63) is 63.9 Å². The molecule has 0 N–H and O–H groups in total. The predicted octanol–water partition coefficient (Wildman–Crippen LogP) is 5.52. The van der Waals surface area contributed by atoms with E-state index in [-0.39, 0.29) is 23.1 Å². The van der Waals surface area contributed by atoms with Crippen molar-refractivity contribution in [1.82, 2.24) is 9.71 Å². The summed E-state index contributed by atoms with van der Waals surface area (Å²) >= 11 is 6.16. The summed E-state index contributed by atoms with van der Waals surface area (Å²) in [5.41, 5.74) is 0.978. The number of carbonyl (C=O) groups excluding carboxylic acids is 1. The first-order valence-electron chi connectivity index (χ1n) is 10.7. The Balaban J connectivity index is 1.68. The van der Waals surface area contributed by atoms with Gasteiger partial charge in [0.1, 0.15) is 0 Å². The lowest BCUT2D eigenvalue weighted by atomic mass is 9.70. The lowest BCUT2D eigenvalue weighted by Gasteiger charge is -2.36. The molecule has 0 aliphatic heterocycles. The standard InChI is InChI=1S/C25H27ClN2O3/c1-25(2,3)18-13-11-16(12-14-18)24(30)31-28-22(17-7-6-8-19(26)15-17)27-21-10-5-4-9-20(21)23(28)29/h4-10,15-16,18H,11-14H2,1-3H3. The SMILES string of the molecule is CC(C)(C)C1CCC(C(=O)On2c(-c3cccc(Cl)c3)nc3ccccc3c2=O)CC1. The predicted molar refractivity (Wildman–Crippen MR) is 123 cm³/mol. The van der Waals surface area contributed by atoms with Crippen LogP contribution in [0.25, 0.3) is 22.3 Å². The second kappa shape index (κ2) is 8.46. The van der Waals surface area contributed by atoms with Crippen LogP contribution >= 0.6 is 11.6 Å². The van der Waals surface area contributed by atoms with Crippen LogP contribution in [0.1, 0.15) is 46.5 Å². The zero-order chi connectivity index (χ0) is 22.2. The Morgan fingerprint density at radius 2 is 1.77 bits per heavy atom. The Labute approximate surface area is 187 Å². The maximum Gasteiger partial charge on any atom is 0.336 e. The molecule has 1 aliphatic carbocycles. The molecule has 0 unspecified atom stereocenters. The van der Waals surface area contributed by atoms with E-state index in [1.54, 1.807) is 42.5 Å². The summed E-state index contributed by atoms with van der Waals surface area (Å²) in [5.74, 6) is 0.255. The highest BCUT2D eigenvalue weighted by Gasteiger charge is 2.34. The number of hydrogen-bond acceptors (Lipinski definition) is 4. The lowest BCUT2D eigenvalue weighted by Crippen LogP contribution is -2.38. The van der Waals surface area contributed by atoms with Crippen LogP contribution in [0.15, 0.2) is 53.3 Å². The van der Waals surface area contributed by atoms with Crippen molar-refractivity contribution in [3.8, 4) is 11.4 Å². The van der Waals surface area contributed by atoms with Gasteiger partial charge in [0.2, 0.25) is 0 Å². The minimum absolute atomic E-state index is 0.218. The maximum atomic E-state index is 13.2. The van der Waals surface area contributed by atoms with Gasteiger partial charge < -0.3 is 4.84 Å². The molecule has 6 heteroatoms. The van der Waals surface area contributed by atoms with Gasteiger partial charge in [-0.15, -0.1) is 4.73 Å². The second-order valence-electron chi connectivity index (χ2n) is 9.39. The molecule has 0 atom stereocenters. The van der Waals surface area contributed by atoms with Crippen molar-refractivity contribution in [2.45, 2.75) is 46.5 Å². The minimum atomic E-state index is -0.405. The fourth-order valence-corrected chi connectivity index (χ4v) is 4.56. The Morgan fingerprint density at radius 1 is 1.06 bits per heavy atom. The van der Waals surface area contributed by atoms with Gasteiger partial charge in [-0.1, -0.05) is 56.6 Å². The van der Waals surface area contributed by atoms with E-state index in [1.165, 1.54) is 0 Å². The highest BCUT2D eigenvalue weighted by molar-refractivity contribution is 6.30. The molecule has 2 aromatic carbocycles. The number of rotatable bonds is 3. The van der Waals surface area contributed by atoms with Crippen LogP contribution in [0.5, 0.6) is 0 Å². The first-order valence-corrected chi connectivity index (χ1v) is 11.1. The zero-order valence-electron chi connectivity index (χ0n) is 18.1. The average Bonchev–Trinajstić information content (AvgIpc) is 2.75. The quantitative estimate of drug-likeness (QED) is 0.539. The largest absolute Gasteiger partial charge is 0.336 e. The van der Waals surface area contributed by atoms with Crippen LogP contribution in [0.2, 0.25) is 5.02 Å². The molecule has 31 heavy (non-hydrogen) atoms. The summed E-state index contributed by atoms with van der Waals surface area (Å²) in [5, 5.41) is 0.913. The van der Waals surface area contributed by atoms with E-state index >= 15 is 0 Å². The lowest BCUT2D eigenvalue weighted by molar-refractivity contribution is -0.151. The first kappa shape index (κ1) is 21.6. The van der Waals surface area contributed by atoms with Crippen molar-refractivity contribution in [3.63, 3.8) is 0 Å².